The van der Waals surface area contributed by atoms with Gasteiger partial charge < -0.3 is 10.2 Å². The van der Waals surface area contributed by atoms with E-state index in [1.54, 1.807) is 33.8 Å². The SMILES string of the molecule is C=CC(C)(C)OOC(C)(C)c1cc(C(C)(C)O)cc(C(C)(C)O)c1. The first kappa shape index (κ1) is 20.8. The van der Waals surface area contributed by atoms with E-state index in [-0.39, 0.29) is 0 Å². The quantitative estimate of drug-likeness (QED) is 0.443. The summed E-state index contributed by atoms with van der Waals surface area (Å²) in [6.45, 7) is 18.0. The molecule has 24 heavy (non-hydrogen) atoms. The molecule has 4 nitrogen and oxygen atoms in total. The van der Waals surface area contributed by atoms with Gasteiger partial charge >= 0.3 is 0 Å². The van der Waals surface area contributed by atoms with Crippen molar-refractivity contribution in [3.05, 3.63) is 47.5 Å². The molecule has 0 bridgehead atoms. The van der Waals surface area contributed by atoms with Crippen LogP contribution < -0.4 is 0 Å². The van der Waals surface area contributed by atoms with E-state index in [4.69, 9.17) is 9.78 Å². The molecule has 4 heteroatoms. The van der Waals surface area contributed by atoms with Gasteiger partial charge in [0, 0.05) is 0 Å². The molecular weight excluding hydrogens is 304 g/mol. The van der Waals surface area contributed by atoms with Crippen molar-refractivity contribution in [1.82, 2.24) is 0 Å². The third-order valence-corrected chi connectivity index (χ3v) is 4.00. The van der Waals surface area contributed by atoms with Gasteiger partial charge in [-0.25, -0.2) is 9.78 Å². The molecule has 0 aliphatic rings. The highest BCUT2D eigenvalue weighted by atomic mass is 17.2. The maximum absolute atomic E-state index is 10.4. The van der Waals surface area contributed by atoms with Crippen molar-refractivity contribution in [2.45, 2.75) is 77.8 Å². The maximum Gasteiger partial charge on any atom is 0.123 e. The summed E-state index contributed by atoms with van der Waals surface area (Å²) in [5.74, 6) is 0. The number of hydrogen-bond acceptors (Lipinski definition) is 4. The van der Waals surface area contributed by atoms with Gasteiger partial charge in [0.1, 0.15) is 11.2 Å². The van der Waals surface area contributed by atoms with Gasteiger partial charge in [0.25, 0.3) is 0 Å². The van der Waals surface area contributed by atoms with Gasteiger partial charge in [-0.2, -0.15) is 0 Å². The molecule has 0 amide bonds. The van der Waals surface area contributed by atoms with Crippen molar-refractivity contribution in [2.24, 2.45) is 0 Å². The molecule has 136 valence electrons. The molecule has 0 radical (unpaired) electrons. The Labute approximate surface area is 146 Å². The average Bonchev–Trinajstić information content (AvgIpc) is 2.43. The van der Waals surface area contributed by atoms with Crippen LogP contribution in [-0.2, 0) is 26.6 Å². The lowest BCUT2D eigenvalue weighted by Crippen LogP contribution is -2.31. The van der Waals surface area contributed by atoms with E-state index in [1.165, 1.54) is 0 Å². The Kier molecular flexibility index (Phi) is 5.73. The fourth-order valence-electron chi connectivity index (χ4n) is 1.98. The summed E-state index contributed by atoms with van der Waals surface area (Å²) in [5, 5.41) is 20.8. The molecular formula is C20H32O4. The van der Waals surface area contributed by atoms with Crippen LogP contribution in [0.4, 0.5) is 0 Å². The molecule has 1 aromatic carbocycles. The van der Waals surface area contributed by atoms with Crippen molar-refractivity contribution >= 4 is 0 Å². The van der Waals surface area contributed by atoms with Gasteiger partial charge in [0.05, 0.1) is 11.2 Å². The zero-order valence-corrected chi connectivity index (χ0v) is 16.2. The number of hydrogen-bond donors (Lipinski definition) is 2. The molecule has 1 aromatic rings. The minimum absolute atomic E-state index is 0.621. The lowest BCUT2D eigenvalue weighted by molar-refractivity contribution is -0.395. The average molecular weight is 336 g/mol. The highest BCUT2D eigenvalue weighted by molar-refractivity contribution is 5.38. The second-order valence-corrected chi connectivity index (χ2v) is 8.40. The second-order valence-electron chi connectivity index (χ2n) is 8.40. The molecule has 0 fully saturated rings. The number of rotatable bonds is 7. The van der Waals surface area contributed by atoms with Crippen LogP contribution in [0.2, 0.25) is 0 Å². The summed E-state index contributed by atoms with van der Waals surface area (Å²) in [7, 11) is 0. The highest BCUT2D eigenvalue weighted by Crippen LogP contribution is 2.34. The first-order valence-electron chi connectivity index (χ1n) is 8.20. The highest BCUT2D eigenvalue weighted by Gasteiger charge is 2.31. The Morgan fingerprint density at radius 1 is 0.750 bits per heavy atom. The zero-order chi connectivity index (χ0) is 19.0. The van der Waals surface area contributed by atoms with Gasteiger partial charge in [0.15, 0.2) is 0 Å². The predicted molar refractivity (Wildman–Crippen MR) is 96.4 cm³/mol. The number of benzene rings is 1. The van der Waals surface area contributed by atoms with Gasteiger partial charge in [-0.3, -0.25) is 0 Å². The Morgan fingerprint density at radius 3 is 1.46 bits per heavy atom. The van der Waals surface area contributed by atoms with Gasteiger partial charge in [0.2, 0.25) is 0 Å². The van der Waals surface area contributed by atoms with Gasteiger partial charge in [-0.1, -0.05) is 12.1 Å². The van der Waals surface area contributed by atoms with Crippen LogP contribution in [-0.4, -0.2) is 15.8 Å². The largest absolute Gasteiger partial charge is 0.386 e. The molecule has 1 rings (SSSR count). The smallest absolute Gasteiger partial charge is 0.123 e. The van der Waals surface area contributed by atoms with E-state index in [9.17, 15) is 10.2 Å². The molecule has 2 N–H and O–H groups in total. The first-order chi connectivity index (χ1) is 10.6. The Morgan fingerprint density at radius 2 is 1.12 bits per heavy atom. The third kappa shape index (κ3) is 5.42. The van der Waals surface area contributed by atoms with E-state index < -0.39 is 22.4 Å². The topological polar surface area (TPSA) is 58.9 Å². The Balaban J connectivity index is 3.33. The minimum atomic E-state index is -1.03. The van der Waals surface area contributed by atoms with Crippen LogP contribution in [0.5, 0.6) is 0 Å². The molecule has 0 spiro atoms. The molecule has 0 heterocycles. The summed E-state index contributed by atoms with van der Waals surface area (Å²) in [4.78, 5) is 11.2. The van der Waals surface area contributed by atoms with Crippen LogP contribution >= 0.6 is 0 Å². The molecule has 0 saturated carbocycles. The van der Waals surface area contributed by atoms with Crippen LogP contribution in [0, 0.1) is 0 Å². The van der Waals surface area contributed by atoms with Crippen molar-refractivity contribution in [2.75, 3.05) is 0 Å². The van der Waals surface area contributed by atoms with E-state index in [1.807, 2.05) is 45.9 Å². The van der Waals surface area contributed by atoms with E-state index in [0.717, 1.165) is 5.56 Å². The fourth-order valence-corrected chi connectivity index (χ4v) is 1.98. The van der Waals surface area contributed by atoms with Gasteiger partial charge in [-0.05, 0) is 84.2 Å². The van der Waals surface area contributed by atoms with Crippen LogP contribution in [0.3, 0.4) is 0 Å². The van der Waals surface area contributed by atoms with Crippen molar-refractivity contribution in [3.63, 3.8) is 0 Å². The minimum Gasteiger partial charge on any atom is -0.386 e. The van der Waals surface area contributed by atoms with Gasteiger partial charge in [-0.15, -0.1) is 6.58 Å². The lowest BCUT2D eigenvalue weighted by atomic mass is 9.85. The Hall–Kier alpha value is -1.20. The summed E-state index contributed by atoms with van der Waals surface area (Å²) in [6.07, 6.45) is 1.67. The molecule has 0 aromatic heterocycles. The van der Waals surface area contributed by atoms with Crippen LogP contribution in [0.15, 0.2) is 30.9 Å². The number of aliphatic hydroxyl groups is 2. The Bertz CT molecular complexity index is 554. The van der Waals surface area contributed by atoms with Crippen molar-refractivity contribution < 1.29 is 20.0 Å². The predicted octanol–water partition coefficient (Wildman–Crippen LogP) is 4.29. The summed E-state index contributed by atoms with van der Waals surface area (Å²) in [5.41, 5.74) is -1.25. The molecule has 0 unspecified atom stereocenters. The van der Waals surface area contributed by atoms with Crippen molar-refractivity contribution in [3.8, 4) is 0 Å². The summed E-state index contributed by atoms with van der Waals surface area (Å²) < 4.78 is 0. The van der Waals surface area contributed by atoms with Crippen LogP contribution in [0.1, 0.15) is 72.1 Å². The molecule has 0 atom stereocenters. The molecule has 0 aliphatic carbocycles. The third-order valence-electron chi connectivity index (χ3n) is 4.00. The second kappa shape index (κ2) is 6.60. The molecule has 0 aliphatic heterocycles. The monoisotopic (exact) mass is 336 g/mol. The zero-order valence-electron chi connectivity index (χ0n) is 16.2. The van der Waals surface area contributed by atoms with E-state index in [2.05, 4.69) is 6.58 Å². The first-order valence-corrected chi connectivity index (χ1v) is 8.20. The standard InChI is InChI=1S/C20H32O4/c1-10-17(2,3)23-24-20(8,9)16-12-14(18(4,5)21)11-15(13-16)19(6,7)22/h10-13,21-22H,1H2,2-9H3. The lowest BCUT2D eigenvalue weighted by Gasteiger charge is -2.32. The fraction of sp³-hybridized carbons (Fsp3) is 0.600. The molecule has 0 saturated heterocycles. The maximum atomic E-state index is 10.4. The summed E-state index contributed by atoms with van der Waals surface area (Å²) >= 11 is 0. The van der Waals surface area contributed by atoms with E-state index >= 15 is 0 Å². The van der Waals surface area contributed by atoms with Crippen LogP contribution in [0.25, 0.3) is 0 Å². The normalized spacial score (nSPS) is 13.9. The van der Waals surface area contributed by atoms with E-state index in [0.29, 0.717) is 11.1 Å². The van der Waals surface area contributed by atoms with Crippen molar-refractivity contribution in [1.29, 1.82) is 0 Å². The summed E-state index contributed by atoms with van der Waals surface area (Å²) in [6, 6.07) is 5.56.